The fourth-order valence-electron chi connectivity index (χ4n) is 6.24. The third-order valence-electron chi connectivity index (χ3n) is 9.17. The van der Waals surface area contributed by atoms with Crippen LogP contribution in [0.1, 0.15) is 60.7 Å². The van der Waals surface area contributed by atoms with Gasteiger partial charge in [0, 0.05) is 49.3 Å². The topological polar surface area (TPSA) is 120 Å². The molecular formula is C40H48N4O6. The zero-order chi connectivity index (χ0) is 35.6. The minimum atomic E-state index is -0.529. The number of likely N-dealkylation sites (N-methyl/N-ethyl adjacent to an activating group) is 1. The summed E-state index contributed by atoms with van der Waals surface area (Å²) in [5.41, 5.74) is 1.95. The van der Waals surface area contributed by atoms with E-state index in [1.165, 1.54) is 0 Å². The van der Waals surface area contributed by atoms with Gasteiger partial charge in [0.15, 0.2) is 0 Å². The summed E-state index contributed by atoms with van der Waals surface area (Å²) in [6.45, 7) is 6.59. The van der Waals surface area contributed by atoms with Crippen molar-refractivity contribution in [1.82, 2.24) is 9.80 Å². The van der Waals surface area contributed by atoms with Gasteiger partial charge >= 0.3 is 6.03 Å². The van der Waals surface area contributed by atoms with E-state index in [9.17, 15) is 19.5 Å². The van der Waals surface area contributed by atoms with Crippen molar-refractivity contribution in [1.29, 1.82) is 0 Å². The summed E-state index contributed by atoms with van der Waals surface area (Å²) in [7, 11) is 1.76. The average molecular weight is 681 g/mol. The van der Waals surface area contributed by atoms with Gasteiger partial charge in [0.1, 0.15) is 5.75 Å². The molecule has 264 valence electrons. The first-order valence-corrected chi connectivity index (χ1v) is 17.3. The van der Waals surface area contributed by atoms with E-state index in [2.05, 4.69) is 10.6 Å². The van der Waals surface area contributed by atoms with E-state index in [1.807, 2.05) is 74.5 Å². The lowest BCUT2D eigenvalue weighted by molar-refractivity contribution is -0.0149. The number of carbonyl (C=O) groups excluding carboxylic acids is 3. The normalized spacial score (nSPS) is 19.4. The number of urea groups is 1. The molecule has 1 aliphatic heterocycles. The number of aliphatic hydroxyl groups is 1. The molecule has 0 aliphatic carbocycles. The lowest BCUT2D eigenvalue weighted by Gasteiger charge is -2.36. The molecule has 10 nitrogen and oxygen atoms in total. The van der Waals surface area contributed by atoms with Crippen molar-refractivity contribution in [2.24, 2.45) is 5.92 Å². The zero-order valence-electron chi connectivity index (χ0n) is 29.3. The molecule has 4 amide bonds. The third-order valence-corrected chi connectivity index (χ3v) is 9.17. The first kappa shape index (κ1) is 36.4. The van der Waals surface area contributed by atoms with Crippen LogP contribution in [0.25, 0.3) is 10.8 Å². The Labute approximate surface area is 294 Å². The van der Waals surface area contributed by atoms with Gasteiger partial charge in [0.05, 0.1) is 36.1 Å². The van der Waals surface area contributed by atoms with E-state index < -0.39 is 12.1 Å². The lowest BCUT2D eigenvalue weighted by atomic mass is 10.0. The number of anilines is 2. The van der Waals surface area contributed by atoms with Crippen molar-refractivity contribution in [2.75, 3.05) is 44.0 Å². The summed E-state index contributed by atoms with van der Waals surface area (Å²) < 4.78 is 12.7. The maximum Gasteiger partial charge on any atom is 0.323 e. The van der Waals surface area contributed by atoms with Gasteiger partial charge in [-0.05, 0) is 74.9 Å². The number of hydrogen-bond acceptors (Lipinski definition) is 6. The van der Waals surface area contributed by atoms with Crippen LogP contribution >= 0.6 is 0 Å². The smallest absolute Gasteiger partial charge is 0.323 e. The van der Waals surface area contributed by atoms with Crippen molar-refractivity contribution < 1.29 is 29.0 Å². The number of rotatable bonds is 7. The summed E-state index contributed by atoms with van der Waals surface area (Å²) in [6.07, 6.45) is 1.85. The van der Waals surface area contributed by atoms with E-state index in [0.717, 1.165) is 30.0 Å². The average Bonchev–Trinajstić information content (AvgIpc) is 3.12. The zero-order valence-corrected chi connectivity index (χ0v) is 29.3. The van der Waals surface area contributed by atoms with Crippen molar-refractivity contribution >= 4 is 40.0 Å². The molecule has 0 radical (unpaired) electrons. The lowest BCUT2D eigenvalue weighted by Crippen LogP contribution is -2.48. The number of fused-ring (bicyclic) bond motifs is 2. The first-order valence-electron chi connectivity index (χ1n) is 17.3. The molecule has 0 spiro atoms. The van der Waals surface area contributed by atoms with Gasteiger partial charge in [-0.15, -0.1) is 0 Å². The van der Waals surface area contributed by atoms with Crippen molar-refractivity contribution in [3.8, 4) is 5.75 Å². The molecule has 0 aromatic heterocycles. The molecule has 0 fully saturated rings. The van der Waals surface area contributed by atoms with Crippen molar-refractivity contribution in [3.05, 3.63) is 102 Å². The number of aliphatic hydroxyl groups excluding tert-OH is 1. The van der Waals surface area contributed by atoms with Gasteiger partial charge < -0.3 is 35.0 Å². The van der Waals surface area contributed by atoms with Gasteiger partial charge in [-0.1, -0.05) is 61.5 Å². The molecular weight excluding hydrogens is 632 g/mol. The highest BCUT2D eigenvalue weighted by atomic mass is 16.5. The molecule has 5 rings (SSSR count). The molecule has 4 aromatic carbocycles. The van der Waals surface area contributed by atoms with E-state index in [1.54, 1.807) is 54.1 Å². The predicted molar refractivity (Wildman–Crippen MR) is 197 cm³/mol. The summed E-state index contributed by atoms with van der Waals surface area (Å²) in [5.74, 6) is -0.244. The Morgan fingerprint density at radius 2 is 1.70 bits per heavy atom. The summed E-state index contributed by atoms with van der Waals surface area (Å²) in [6, 6.07) is 26.7. The van der Waals surface area contributed by atoms with Crippen LogP contribution in [0.3, 0.4) is 0 Å². The standard InChI is InChI=1S/C40H48N4O6/c1-27-24-44(28(2)26-45)39(47)34-23-32(41-40(48)42-35-19-12-17-30-14-8-9-18-33(30)35)20-21-36(34)50-29(3)13-10-11-22-49-37(27)25-43(4)38(46)31-15-6-5-7-16-31/h5-9,12,14-21,23,27-29,37,45H,10-11,13,22,24-26H2,1-4H3,(H2,41,42,48)/t27-,28+,29-,37-/m1/s1. The highest BCUT2D eigenvalue weighted by Gasteiger charge is 2.31. The number of benzene rings is 4. The molecule has 1 aliphatic rings. The number of amides is 4. The van der Waals surface area contributed by atoms with Crippen LogP contribution in [0.5, 0.6) is 5.75 Å². The molecule has 0 saturated heterocycles. The van der Waals surface area contributed by atoms with Crippen LogP contribution < -0.4 is 15.4 Å². The summed E-state index contributed by atoms with van der Waals surface area (Å²) in [4.78, 5) is 44.2. The fraction of sp³-hybridized carbons (Fsp3) is 0.375. The second kappa shape index (κ2) is 17.1. The minimum absolute atomic E-state index is 0.109. The van der Waals surface area contributed by atoms with Gasteiger partial charge in [-0.2, -0.15) is 0 Å². The maximum atomic E-state index is 14.5. The first-order chi connectivity index (χ1) is 24.1. The quantitative estimate of drug-likeness (QED) is 0.192. The second-order valence-corrected chi connectivity index (χ2v) is 13.2. The minimum Gasteiger partial charge on any atom is -0.490 e. The van der Waals surface area contributed by atoms with Crippen molar-refractivity contribution in [2.45, 2.75) is 58.3 Å². The van der Waals surface area contributed by atoms with Crippen LogP contribution in [0.2, 0.25) is 0 Å². The van der Waals surface area contributed by atoms with E-state index in [4.69, 9.17) is 9.47 Å². The summed E-state index contributed by atoms with van der Waals surface area (Å²) in [5, 5.41) is 18.0. The van der Waals surface area contributed by atoms with Crippen molar-refractivity contribution in [3.63, 3.8) is 0 Å². The Morgan fingerprint density at radius 3 is 2.48 bits per heavy atom. The Kier molecular flexibility index (Phi) is 12.5. The fourth-order valence-corrected chi connectivity index (χ4v) is 6.24. The van der Waals surface area contributed by atoms with Gasteiger partial charge in [-0.25, -0.2) is 4.79 Å². The van der Waals surface area contributed by atoms with E-state index in [0.29, 0.717) is 35.8 Å². The highest BCUT2D eigenvalue weighted by molar-refractivity contribution is 6.07. The van der Waals surface area contributed by atoms with Crippen LogP contribution in [0.4, 0.5) is 16.2 Å². The number of carbonyl (C=O) groups is 3. The van der Waals surface area contributed by atoms with E-state index in [-0.39, 0.29) is 48.7 Å². The van der Waals surface area contributed by atoms with Crippen LogP contribution in [-0.4, -0.2) is 84.4 Å². The molecule has 3 N–H and O–H groups in total. The van der Waals surface area contributed by atoms with Gasteiger partial charge in [0.25, 0.3) is 11.8 Å². The Morgan fingerprint density at radius 1 is 0.960 bits per heavy atom. The third kappa shape index (κ3) is 9.19. The highest BCUT2D eigenvalue weighted by Crippen LogP contribution is 2.29. The predicted octanol–water partition coefficient (Wildman–Crippen LogP) is 7.05. The Bertz CT molecular complexity index is 1760. The van der Waals surface area contributed by atoms with E-state index >= 15 is 0 Å². The number of nitrogens with one attached hydrogen (secondary N) is 2. The van der Waals surface area contributed by atoms with Gasteiger partial charge in [0.2, 0.25) is 0 Å². The van der Waals surface area contributed by atoms with Crippen LogP contribution in [0.15, 0.2) is 91.0 Å². The largest absolute Gasteiger partial charge is 0.490 e. The monoisotopic (exact) mass is 680 g/mol. The Hall–Kier alpha value is -4.93. The molecule has 1 heterocycles. The maximum absolute atomic E-state index is 14.5. The van der Waals surface area contributed by atoms with Crippen LogP contribution in [0, 0.1) is 5.92 Å². The molecule has 10 heteroatoms. The molecule has 50 heavy (non-hydrogen) atoms. The second-order valence-electron chi connectivity index (χ2n) is 13.2. The molecule has 0 bridgehead atoms. The number of nitrogens with zero attached hydrogens (tertiary/aromatic N) is 2. The molecule has 0 unspecified atom stereocenters. The Balaban J connectivity index is 1.40. The van der Waals surface area contributed by atoms with Gasteiger partial charge in [-0.3, -0.25) is 9.59 Å². The molecule has 4 aromatic rings. The molecule has 4 atom stereocenters. The number of ether oxygens (including phenoxy) is 2. The van der Waals surface area contributed by atoms with Crippen LogP contribution in [-0.2, 0) is 4.74 Å². The SMILES string of the molecule is C[C@@H]1CCCCO[C@H](CN(C)C(=O)c2ccccc2)[C@H](C)CN([C@@H](C)CO)C(=O)c2cc(NC(=O)Nc3cccc4ccccc34)ccc2O1. The summed E-state index contributed by atoms with van der Waals surface area (Å²) >= 11 is 0. The molecule has 0 saturated carbocycles. The number of hydrogen-bond donors (Lipinski definition) is 3.